The van der Waals surface area contributed by atoms with Crippen LogP contribution in [0.25, 0.3) is 0 Å². The third kappa shape index (κ3) is 2.66. The van der Waals surface area contributed by atoms with Gasteiger partial charge in [0.25, 0.3) is 0 Å². The van der Waals surface area contributed by atoms with Crippen molar-refractivity contribution in [2.24, 2.45) is 0 Å². The summed E-state index contributed by atoms with van der Waals surface area (Å²) in [5, 5.41) is 9.54. The summed E-state index contributed by atoms with van der Waals surface area (Å²) in [5.74, 6) is 0. The molecule has 18 heavy (non-hydrogen) atoms. The summed E-state index contributed by atoms with van der Waals surface area (Å²) in [7, 11) is 0. The quantitative estimate of drug-likeness (QED) is 0.806. The maximum atomic E-state index is 12.6. The Balaban J connectivity index is 2.31. The number of β-amino-alcohol motifs (C(OH)–C–C–N with tert-alkyl or cyclic N) is 1. The largest absolute Gasteiger partial charge is 0.433 e. The predicted molar refractivity (Wildman–Crippen MR) is 61.1 cm³/mol. The molecule has 0 saturated carbocycles. The molecular formula is C11H14F3N3O. The van der Waals surface area contributed by atoms with Crippen LogP contribution in [0.4, 0.5) is 24.5 Å². The standard InChI is InChI=1S/C11H14F3N3O/c12-11(13,14)10-4-9(8(15)5-16-10)17-3-1-2-7(18)6-17/h4-5,7,18H,1-3,6,15H2. The van der Waals surface area contributed by atoms with Crippen LogP contribution < -0.4 is 10.6 Å². The van der Waals surface area contributed by atoms with Gasteiger partial charge in [-0.1, -0.05) is 0 Å². The van der Waals surface area contributed by atoms with Gasteiger partial charge < -0.3 is 15.7 Å². The summed E-state index contributed by atoms with van der Waals surface area (Å²) in [4.78, 5) is 4.95. The Morgan fingerprint density at radius 1 is 1.44 bits per heavy atom. The van der Waals surface area contributed by atoms with E-state index in [2.05, 4.69) is 4.98 Å². The zero-order valence-corrected chi connectivity index (χ0v) is 9.61. The molecule has 1 aliphatic rings. The van der Waals surface area contributed by atoms with E-state index in [-0.39, 0.29) is 11.4 Å². The van der Waals surface area contributed by atoms with Gasteiger partial charge in [-0.3, -0.25) is 0 Å². The summed E-state index contributed by atoms with van der Waals surface area (Å²) in [5.41, 5.74) is 5.17. The first-order valence-electron chi connectivity index (χ1n) is 5.63. The number of pyridine rings is 1. The molecule has 1 atom stereocenters. The van der Waals surface area contributed by atoms with Crippen molar-refractivity contribution in [1.29, 1.82) is 0 Å². The second kappa shape index (κ2) is 4.64. The molecule has 0 amide bonds. The van der Waals surface area contributed by atoms with Gasteiger partial charge in [-0.25, -0.2) is 4.98 Å². The Kier molecular flexibility index (Phi) is 3.34. The molecule has 1 aliphatic heterocycles. The second-order valence-corrected chi connectivity index (χ2v) is 4.37. The third-order valence-electron chi connectivity index (χ3n) is 2.94. The fourth-order valence-electron chi connectivity index (χ4n) is 2.06. The van der Waals surface area contributed by atoms with Crippen LogP contribution in [0.15, 0.2) is 12.3 Å². The SMILES string of the molecule is Nc1cnc(C(F)(F)F)cc1N1CCCC(O)C1. The van der Waals surface area contributed by atoms with E-state index in [0.29, 0.717) is 19.5 Å². The van der Waals surface area contributed by atoms with Crippen molar-refractivity contribution in [3.05, 3.63) is 18.0 Å². The minimum Gasteiger partial charge on any atom is -0.396 e. The van der Waals surface area contributed by atoms with Gasteiger partial charge in [0.1, 0.15) is 5.69 Å². The summed E-state index contributed by atoms with van der Waals surface area (Å²) in [6.45, 7) is 0.883. The van der Waals surface area contributed by atoms with E-state index in [4.69, 9.17) is 5.73 Å². The van der Waals surface area contributed by atoms with Gasteiger partial charge in [0, 0.05) is 13.1 Å². The Morgan fingerprint density at radius 2 is 2.17 bits per heavy atom. The maximum absolute atomic E-state index is 12.6. The molecule has 1 saturated heterocycles. The van der Waals surface area contributed by atoms with Crippen LogP contribution >= 0.6 is 0 Å². The lowest BCUT2D eigenvalue weighted by Gasteiger charge is -2.32. The molecule has 0 aromatic carbocycles. The fourth-order valence-corrected chi connectivity index (χ4v) is 2.06. The lowest BCUT2D eigenvalue weighted by Crippen LogP contribution is -2.38. The molecule has 1 aromatic heterocycles. The van der Waals surface area contributed by atoms with E-state index >= 15 is 0 Å². The number of nitrogens with zero attached hydrogens (tertiary/aromatic N) is 2. The number of alkyl halides is 3. The fraction of sp³-hybridized carbons (Fsp3) is 0.545. The van der Waals surface area contributed by atoms with E-state index in [1.54, 1.807) is 4.90 Å². The first-order valence-corrected chi connectivity index (χ1v) is 5.63. The Morgan fingerprint density at radius 3 is 2.78 bits per heavy atom. The number of halogens is 3. The Bertz CT molecular complexity index is 436. The molecule has 2 rings (SSSR count). The number of nitrogen functional groups attached to an aromatic ring is 1. The highest BCUT2D eigenvalue weighted by Gasteiger charge is 2.33. The molecule has 3 N–H and O–H groups in total. The minimum atomic E-state index is -4.49. The monoisotopic (exact) mass is 261 g/mol. The van der Waals surface area contributed by atoms with Crippen molar-refractivity contribution in [3.8, 4) is 0 Å². The Labute approximate surface area is 102 Å². The highest BCUT2D eigenvalue weighted by molar-refractivity contribution is 5.67. The van der Waals surface area contributed by atoms with Gasteiger partial charge in [0.05, 0.1) is 23.7 Å². The second-order valence-electron chi connectivity index (χ2n) is 4.37. The van der Waals surface area contributed by atoms with E-state index in [0.717, 1.165) is 18.7 Å². The molecule has 0 bridgehead atoms. The van der Waals surface area contributed by atoms with Gasteiger partial charge in [0.2, 0.25) is 0 Å². The summed E-state index contributed by atoms with van der Waals surface area (Å²) in [6, 6.07) is 0.938. The molecule has 2 heterocycles. The molecule has 1 fully saturated rings. The van der Waals surface area contributed by atoms with Gasteiger partial charge in [-0.15, -0.1) is 0 Å². The number of aromatic nitrogens is 1. The van der Waals surface area contributed by atoms with E-state index in [9.17, 15) is 18.3 Å². The zero-order valence-electron chi connectivity index (χ0n) is 9.61. The normalized spacial score (nSPS) is 21.1. The molecule has 100 valence electrons. The number of nitrogens with two attached hydrogens (primary N) is 1. The smallest absolute Gasteiger partial charge is 0.396 e. The van der Waals surface area contributed by atoms with E-state index in [1.165, 1.54) is 0 Å². The van der Waals surface area contributed by atoms with Gasteiger partial charge in [-0.05, 0) is 18.9 Å². The average molecular weight is 261 g/mol. The molecular weight excluding hydrogens is 247 g/mol. The van der Waals surface area contributed by atoms with Crippen LogP contribution in [0, 0.1) is 0 Å². The van der Waals surface area contributed by atoms with Crippen LogP contribution in [0.5, 0.6) is 0 Å². The van der Waals surface area contributed by atoms with Crippen molar-refractivity contribution in [1.82, 2.24) is 4.98 Å². The number of piperidine rings is 1. The number of rotatable bonds is 1. The first kappa shape index (κ1) is 12.9. The van der Waals surface area contributed by atoms with Crippen LogP contribution in [0.1, 0.15) is 18.5 Å². The highest BCUT2D eigenvalue weighted by atomic mass is 19.4. The molecule has 4 nitrogen and oxygen atoms in total. The van der Waals surface area contributed by atoms with Crippen molar-refractivity contribution < 1.29 is 18.3 Å². The van der Waals surface area contributed by atoms with Crippen molar-refractivity contribution in [2.75, 3.05) is 23.7 Å². The van der Waals surface area contributed by atoms with Gasteiger partial charge in [-0.2, -0.15) is 13.2 Å². The summed E-state index contributed by atoms with van der Waals surface area (Å²) >= 11 is 0. The van der Waals surface area contributed by atoms with Gasteiger partial charge >= 0.3 is 6.18 Å². The van der Waals surface area contributed by atoms with Crippen molar-refractivity contribution >= 4 is 11.4 Å². The van der Waals surface area contributed by atoms with E-state index < -0.39 is 18.0 Å². The third-order valence-corrected chi connectivity index (χ3v) is 2.94. The number of anilines is 2. The number of aliphatic hydroxyl groups is 1. The van der Waals surface area contributed by atoms with E-state index in [1.807, 2.05) is 0 Å². The lowest BCUT2D eigenvalue weighted by atomic mass is 10.1. The van der Waals surface area contributed by atoms with Crippen molar-refractivity contribution in [2.45, 2.75) is 25.1 Å². The predicted octanol–water partition coefficient (Wildman–Crippen LogP) is 1.64. The molecule has 1 aromatic rings. The topological polar surface area (TPSA) is 62.4 Å². The number of aliphatic hydroxyl groups excluding tert-OH is 1. The molecule has 0 spiro atoms. The summed E-state index contributed by atoms with van der Waals surface area (Å²) in [6.07, 6.45) is -2.62. The van der Waals surface area contributed by atoms with Crippen LogP contribution in [0.3, 0.4) is 0 Å². The van der Waals surface area contributed by atoms with Crippen LogP contribution in [0.2, 0.25) is 0 Å². The maximum Gasteiger partial charge on any atom is 0.433 e. The van der Waals surface area contributed by atoms with Gasteiger partial charge in [0.15, 0.2) is 0 Å². The molecule has 1 unspecified atom stereocenters. The highest BCUT2D eigenvalue weighted by Crippen LogP contribution is 2.33. The number of hydrogen-bond acceptors (Lipinski definition) is 4. The molecule has 0 radical (unpaired) electrons. The minimum absolute atomic E-state index is 0.192. The van der Waals surface area contributed by atoms with Crippen LogP contribution in [-0.4, -0.2) is 29.3 Å². The molecule has 0 aliphatic carbocycles. The first-order chi connectivity index (χ1) is 8.38. The Hall–Kier alpha value is -1.50. The summed E-state index contributed by atoms with van der Waals surface area (Å²) < 4.78 is 37.7. The molecule has 7 heteroatoms. The zero-order chi connectivity index (χ0) is 13.3. The van der Waals surface area contributed by atoms with Crippen LogP contribution in [-0.2, 0) is 6.18 Å². The number of hydrogen-bond donors (Lipinski definition) is 2. The average Bonchev–Trinajstić information content (AvgIpc) is 2.28. The van der Waals surface area contributed by atoms with Crippen molar-refractivity contribution in [3.63, 3.8) is 0 Å². The lowest BCUT2D eigenvalue weighted by molar-refractivity contribution is -0.141.